The number of aldehydes is 2. The number of hydrogen-bond acceptors (Lipinski definition) is 4. The highest BCUT2D eigenvalue weighted by molar-refractivity contribution is 5.87. The molecule has 1 rings (SSSR count). The molecule has 0 spiro atoms. The molecule has 0 heterocycles. The van der Waals surface area contributed by atoms with Gasteiger partial charge in [-0.3, -0.25) is 9.59 Å². The molecule has 0 amide bonds. The number of ether oxygens (including phenoxy) is 2. The SMILES string of the molecule is C[N+](C)(C)CCOc1cc(C=O)c(OCC[N+](C)(C)C)cc1C=O. The molecule has 0 bridgehead atoms. The molecule has 1 aromatic rings. The molecule has 0 atom stereocenters. The molecule has 6 nitrogen and oxygen atoms in total. The molecule has 0 aliphatic carbocycles. The van der Waals surface area contributed by atoms with Crippen LogP contribution in [0.1, 0.15) is 20.7 Å². The summed E-state index contributed by atoms with van der Waals surface area (Å²) in [4.78, 5) is 22.7. The standard InChI is InChI=1S/C18H30N2O4/c1-19(2,3)7-9-23-17-11-16(14-22)18(12-15(17)13-21)24-10-8-20(4,5)6/h11-14H,7-10H2,1-6H3/q+2. The quantitative estimate of drug-likeness (QED) is 0.479. The van der Waals surface area contributed by atoms with Crippen molar-refractivity contribution in [2.75, 3.05) is 68.6 Å². The van der Waals surface area contributed by atoms with Crippen LogP contribution in [-0.4, -0.2) is 90.1 Å². The van der Waals surface area contributed by atoms with E-state index in [2.05, 4.69) is 42.3 Å². The lowest BCUT2D eigenvalue weighted by Gasteiger charge is -2.24. The summed E-state index contributed by atoms with van der Waals surface area (Å²) in [7, 11) is 12.4. The van der Waals surface area contributed by atoms with Crippen LogP contribution in [0.15, 0.2) is 12.1 Å². The van der Waals surface area contributed by atoms with E-state index in [4.69, 9.17) is 9.47 Å². The first-order chi connectivity index (χ1) is 11.1. The first-order valence-corrected chi connectivity index (χ1v) is 8.00. The van der Waals surface area contributed by atoms with Crippen LogP contribution in [0.3, 0.4) is 0 Å². The molecule has 24 heavy (non-hydrogen) atoms. The van der Waals surface area contributed by atoms with Crippen LogP contribution in [0.2, 0.25) is 0 Å². The van der Waals surface area contributed by atoms with Gasteiger partial charge in [0.1, 0.15) is 37.8 Å². The minimum Gasteiger partial charge on any atom is -0.487 e. The molecule has 0 radical (unpaired) electrons. The molecule has 6 heteroatoms. The van der Waals surface area contributed by atoms with Crippen LogP contribution in [0.5, 0.6) is 11.5 Å². The summed E-state index contributed by atoms with van der Waals surface area (Å²) in [6.07, 6.45) is 1.45. The Balaban J connectivity index is 2.88. The molecule has 0 fully saturated rings. The maximum absolute atomic E-state index is 11.3. The van der Waals surface area contributed by atoms with Crippen molar-refractivity contribution in [3.63, 3.8) is 0 Å². The Hall–Kier alpha value is -1.92. The Morgan fingerprint density at radius 1 is 0.750 bits per heavy atom. The Labute approximate surface area is 144 Å². The van der Waals surface area contributed by atoms with E-state index in [1.165, 1.54) is 0 Å². The molecule has 0 unspecified atom stereocenters. The number of rotatable bonds is 10. The molecular weight excluding hydrogens is 308 g/mol. The molecule has 0 aliphatic rings. The second kappa shape index (κ2) is 8.26. The van der Waals surface area contributed by atoms with Crippen molar-refractivity contribution in [3.8, 4) is 11.5 Å². The van der Waals surface area contributed by atoms with E-state index in [1.54, 1.807) is 12.1 Å². The van der Waals surface area contributed by atoms with Crippen LogP contribution in [-0.2, 0) is 0 Å². The fraction of sp³-hybridized carbons (Fsp3) is 0.556. The smallest absolute Gasteiger partial charge is 0.153 e. The molecule has 0 saturated heterocycles. The first kappa shape index (κ1) is 20.1. The molecule has 0 aliphatic heterocycles. The van der Waals surface area contributed by atoms with Gasteiger partial charge < -0.3 is 18.4 Å². The second-order valence-electron chi connectivity index (χ2n) is 7.89. The van der Waals surface area contributed by atoms with E-state index < -0.39 is 0 Å². The van der Waals surface area contributed by atoms with Gasteiger partial charge >= 0.3 is 0 Å². The fourth-order valence-corrected chi connectivity index (χ4v) is 1.88. The number of nitrogens with zero attached hydrogens (tertiary/aromatic N) is 2. The topological polar surface area (TPSA) is 52.6 Å². The molecule has 1 aromatic carbocycles. The van der Waals surface area contributed by atoms with Gasteiger partial charge in [0.05, 0.1) is 53.4 Å². The summed E-state index contributed by atoms with van der Waals surface area (Å²) in [5.74, 6) is 0.832. The summed E-state index contributed by atoms with van der Waals surface area (Å²) in [5.41, 5.74) is 0.782. The highest BCUT2D eigenvalue weighted by atomic mass is 16.5. The van der Waals surface area contributed by atoms with E-state index in [1.807, 2.05) is 0 Å². The van der Waals surface area contributed by atoms with Crippen molar-refractivity contribution in [2.24, 2.45) is 0 Å². The maximum atomic E-state index is 11.3. The first-order valence-electron chi connectivity index (χ1n) is 8.00. The zero-order chi connectivity index (χ0) is 18.4. The lowest BCUT2D eigenvalue weighted by atomic mass is 10.1. The minimum atomic E-state index is 0.391. The predicted octanol–water partition coefficient (Wildman–Crippen LogP) is 1.48. The van der Waals surface area contributed by atoms with Crippen molar-refractivity contribution < 1.29 is 28.0 Å². The van der Waals surface area contributed by atoms with Gasteiger partial charge in [0.2, 0.25) is 0 Å². The summed E-state index contributed by atoms with van der Waals surface area (Å²) < 4.78 is 12.9. The number of carbonyl (C=O) groups is 2. The van der Waals surface area contributed by atoms with Crippen molar-refractivity contribution in [2.45, 2.75) is 0 Å². The Morgan fingerprint density at radius 3 is 1.33 bits per heavy atom. The highest BCUT2D eigenvalue weighted by Gasteiger charge is 2.15. The minimum absolute atomic E-state index is 0.391. The zero-order valence-corrected chi connectivity index (χ0v) is 15.7. The Kier molecular flexibility index (Phi) is 6.93. The number of quaternary nitrogens is 2. The summed E-state index contributed by atoms with van der Waals surface area (Å²) in [6.45, 7) is 2.50. The fourth-order valence-electron chi connectivity index (χ4n) is 1.88. The van der Waals surface area contributed by atoms with Crippen molar-refractivity contribution in [3.05, 3.63) is 23.3 Å². The third-order valence-corrected chi connectivity index (χ3v) is 3.44. The van der Waals surface area contributed by atoms with E-state index in [0.29, 0.717) is 35.8 Å². The van der Waals surface area contributed by atoms with Gasteiger partial charge in [-0.15, -0.1) is 0 Å². The molecule has 0 aromatic heterocycles. The van der Waals surface area contributed by atoms with Crippen molar-refractivity contribution in [1.82, 2.24) is 0 Å². The van der Waals surface area contributed by atoms with E-state index in [0.717, 1.165) is 34.6 Å². The van der Waals surface area contributed by atoms with Gasteiger partial charge in [0.15, 0.2) is 12.6 Å². The zero-order valence-electron chi connectivity index (χ0n) is 15.7. The van der Waals surface area contributed by atoms with Crippen LogP contribution in [0, 0.1) is 0 Å². The largest absolute Gasteiger partial charge is 0.487 e. The van der Waals surface area contributed by atoms with E-state index in [9.17, 15) is 9.59 Å². The summed E-state index contributed by atoms with van der Waals surface area (Å²) >= 11 is 0. The third kappa shape index (κ3) is 7.10. The molecule has 0 saturated carbocycles. The molecular formula is C18H30N2O4+2. The van der Waals surface area contributed by atoms with Gasteiger partial charge in [-0.25, -0.2) is 0 Å². The third-order valence-electron chi connectivity index (χ3n) is 3.44. The Morgan fingerprint density at radius 2 is 1.08 bits per heavy atom. The van der Waals surface area contributed by atoms with Crippen LogP contribution in [0.4, 0.5) is 0 Å². The molecule has 0 N–H and O–H groups in total. The van der Waals surface area contributed by atoms with E-state index in [-0.39, 0.29) is 0 Å². The number of hydrogen-bond donors (Lipinski definition) is 0. The second-order valence-corrected chi connectivity index (χ2v) is 7.89. The Bertz CT molecular complexity index is 520. The lowest BCUT2D eigenvalue weighted by molar-refractivity contribution is -0.870. The van der Waals surface area contributed by atoms with Crippen LogP contribution >= 0.6 is 0 Å². The lowest BCUT2D eigenvalue weighted by Crippen LogP contribution is -2.38. The van der Waals surface area contributed by atoms with Gasteiger partial charge in [0.25, 0.3) is 0 Å². The summed E-state index contributed by atoms with van der Waals surface area (Å²) in [5, 5.41) is 0. The summed E-state index contributed by atoms with van der Waals surface area (Å²) in [6, 6.07) is 3.15. The van der Waals surface area contributed by atoms with Gasteiger partial charge in [-0.1, -0.05) is 0 Å². The predicted molar refractivity (Wildman–Crippen MR) is 94.0 cm³/mol. The van der Waals surface area contributed by atoms with Gasteiger partial charge in [-0.05, 0) is 12.1 Å². The average molecular weight is 338 g/mol. The van der Waals surface area contributed by atoms with Gasteiger partial charge in [0, 0.05) is 0 Å². The maximum Gasteiger partial charge on any atom is 0.153 e. The van der Waals surface area contributed by atoms with Crippen LogP contribution in [0.25, 0.3) is 0 Å². The average Bonchev–Trinajstić information content (AvgIpc) is 2.45. The van der Waals surface area contributed by atoms with Gasteiger partial charge in [-0.2, -0.15) is 0 Å². The number of carbonyl (C=O) groups excluding carboxylic acids is 2. The van der Waals surface area contributed by atoms with Crippen LogP contribution < -0.4 is 9.47 Å². The normalized spacial score (nSPS) is 11.9. The van der Waals surface area contributed by atoms with Crippen molar-refractivity contribution >= 4 is 12.6 Å². The highest BCUT2D eigenvalue weighted by Crippen LogP contribution is 2.27. The number of benzene rings is 1. The monoisotopic (exact) mass is 338 g/mol. The van der Waals surface area contributed by atoms with E-state index >= 15 is 0 Å². The number of likely N-dealkylation sites (N-methyl/N-ethyl adjacent to an activating group) is 2. The van der Waals surface area contributed by atoms with Crippen molar-refractivity contribution in [1.29, 1.82) is 0 Å². The molecule has 134 valence electrons.